The third-order valence-corrected chi connectivity index (χ3v) is 8.00. The van der Waals surface area contributed by atoms with Crippen LogP contribution in [0.15, 0.2) is 33.8 Å². The molecule has 1 aromatic rings. The minimum atomic E-state index is 0.884. The average Bonchev–Trinajstić information content (AvgIpc) is 2.96. The van der Waals surface area contributed by atoms with Crippen LogP contribution < -0.4 is 0 Å². The molecule has 0 atom stereocenters. The largest absolute Gasteiger partial charge is 0.451 e. The number of allylic oxidation sites excluding steroid dienone is 1. The van der Waals surface area contributed by atoms with Crippen LogP contribution in [0.2, 0.25) is 0 Å². The second-order valence-corrected chi connectivity index (χ2v) is 8.88. The molecule has 0 amide bonds. The Balaban J connectivity index is 1.48. The molecular formula is C9H10N2OS4. The van der Waals surface area contributed by atoms with Crippen LogP contribution in [0.3, 0.4) is 0 Å². The standard InChI is InChI=1S/C9H10N2OS4/c1-2-8(10-3-1)5-13-15-16-14-6-9-4-12-7-11-9/h2-4,7H,1,5-6H2. The third kappa shape index (κ3) is 4.48. The van der Waals surface area contributed by atoms with Crippen LogP contribution in [-0.2, 0) is 5.75 Å². The van der Waals surface area contributed by atoms with Crippen LogP contribution in [0.4, 0.5) is 0 Å². The van der Waals surface area contributed by atoms with E-state index in [4.69, 9.17) is 4.42 Å². The maximum Gasteiger partial charge on any atom is 0.180 e. The highest BCUT2D eigenvalue weighted by atomic mass is 33.7. The fourth-order valence-electron chi connectivity index (χ4n) is 1.02. The molecule has 86 valence electrons. The number of aliphatic imine (C=N–C) groups is 1. The van der Waals surface area contributed by atoms with Crippen LogP contribution in [0.1, 0.15) is 12.1 Å². The highest BCUT2D eigenvalue weighted by Crippen LogP contribution is 2.44. The van der Waals surface area contributed by atoms with Crippen molar-refractivity contribution in [1.29, 1.82) is 0 Å². The molecule has 0 bridgehead atoms. The van der Waals surface area contributed by atoms with Crippen molar-refractivity contribution in [2.45, 2.75) is 12.2 Å². The summed E-state index contributed by atoms with van der Waals surface area (Å²) >= 11 is 0. The van der Waals surface area contributed by atoms with Crippen molar-refractivity contribution in [3.05, 3.63) is 30.1 Å². The van der Waals surface area contributed by atoms with Crippen molar-refractivity contribution in [1.82, 2.24) is 4.98 Å². The van der Waals surface area contributed by atoms with Gasteiger partial charge < -0.3 is 4.42 Å². The summed E-state index contributed by atoms with van der Waals surface area (Å²) in [6, 6.07) is 0. The Morgan fingerprint density at radius 2 is 2.12 bits per heavy atom. The van der Waals surface area contributed by atoms with Crippen molar-refractivity contribution in [2.75, 3.05) is 5.75 Å². The fraction of sp³-hybridized carbons (Fsp3) is 0.333. The summed E-state index contributed by atoms with van der Waals surface area (Å²) in [6.07, 6.45) is 8.26. The molecule has 7 heteroatoms. The quantitative estimate of drug-likeness (QED) is 0.553. The normalized spacial score (nSPS) is 14.4. The third-order valence-electron chi connectivity index (χ3n) is 1.74. The van der Waals surface area contributed by atoms with Gasteiger partial charge in [-0.1, -0.05) is 27.7 Å². The second-order valence-electron chi connectivity index (χ2n) is 2.88. The Morgan fingerprint density at radius 1 is 1.25 bits per heavy atom. The Labute approximate surface area is 110 Å². The van der Waals surface area contributed by atoms with Gasteiger partial charge in [0, 0.05) is 24.1 Å². The first kappa shape index (κ1) is 12.5. The molecule has 0 saturated heterocycles. The molecule has 0 radical (unpaired) electrons. The zero-order valence-electron chi connectivity index (χ0n) is 8.37. The van der Waals surface area contributed by atoms with Crippen LogP contribution in [0.25, 0.3) is 0 Å². The summed E-state index contributed by atoms with van der Waals surface area (Å²) in [5.41, 5.74) is 2.19. The zero-order valence-corrected chi connectivity index (χ0v) is 11.6. The van der Waals surface area contributed by atoms with Gasteiger partial charge in [-0.2, -0.15) is 0 Å². The monoisotopic (exact) mass is 290 g/mol. The van der Waals surface area contributed by atoms with Crippen LogP contribution in [-0.4, -0.2) is 17.0 Å². The first-order chi connectivity index (χ1) is 7.95. The summed E-state index contributed by atoms with van der Waals surface area (Å²) in [7, 11) is 7.15. The van der Waals surface area contributed by atoms with Gasteiger partial charge in [0.05, 0.1) is 11.4 Å². The number of aromatic nitrogens is 1. The van der Waals surface area contributed by atoms with Crippen molar-refractivity contribution in [2.24, 2.45) is 4.99 Å². The summed E-state index contributed by atoms with van der Waals surface area (Å²) in [6.45, 7) is 0. The first-order valence-corrected chi connectivity index (χ1v) is 9.77. The van der Waals surface area contributed by atoms with Crippen LogP contribution in [0.5, 0.6) is 0 Å². The molecule has 0 spiro atoms. The van der Waals surface area contributed by atoms with Gasteiger partial charge in [-0.25, -0.2) is 4.98 Å². The Kier molecular flexibility index (Phi) is 5.74. The molecule has 1 aliphatic rings. The van der Waals surface area contributed by atoms with E-state index >= 15 is 0 Å². The van der Waals surface area contributed by atoms with Crippen LogP contribution in [0, 0.1) is 0 Å². The molecule has 16 heavy (non-hydrogen) atoms. The van der Waals surface area contributed by atoms with E-state index < -0.39 is 0 Å². The van der Waals surface area contributed by atoms with Gasteiger partial charge in [-0.05, 0) is 19.7 Å². The summed E-state index contributed by atoms with van der Waals surface area (Å²) < 4.78 is 4.89. The Bertz CT molecular complexity index is 364. The van der Waals surface area contributed by atoms with E-state index in [1.54, 1.807) is 36.7 Å². The van der Waals surface area contributed by atoms with Gasteiger partial charge in [0.15, 0.2) is 6.39 Å². The smallest absolute Gasteiger partial charge is 0.180 e. The van der Waals surface area contributed by atoms with Gasteiger partial charge in [-0.3, -0.25) is 4.99 Å². The highest BCUT2D eigenvalue weighted by molar-refractivity contribution is 9.26. The van der Waals surface area contributed by atoms with Crippen molar-refractivity contribution in [3.63, 3.8) is 0 Å². The maximum atomic E-state index is 4.89. The van der Waals surface area contributed by atoms with Crippen LogP contribution >= 0.6 is 41.2 Å². The number of nitrogens with zero attached hydrogens (tertiary/aromatic N) is 2. The molecule has 3 nitrogen and oxygen atoms in total. The van der Waals surface area contributed by atoms with Crippen molar-refractivity contribution < 1.29 is 4.42 Å². The lowest BCUT2D eigenvalue weighted by molar-refractivity contribution is 0.557. The lowest BCUT2D eigenvalue weighted by Gasteiger charge is -1.98. The van der Waals surface area contributed by atoms with E-state index in [2.05, 4.69) is 16.1 Å². The molecule has 0 saturated carbocycles. The predicted octanol–water partition coefficient (Wildman–Crippen LogP) is 4.21. The summed E-state index contributed by atoms with van der Waals surface area (Å²) in [5.74, 6) is 1.87. The van der Waals surface area contributed by atoms with Gasteiger partial charge in [0.25, 0.3) is 0 Å². The summed E-state index contributed by atoms with van der Waals surface area (Å²) in [4.78, 5) is 8.31. The summed E-state index contributed by atoms with van der Waals surface area (Å²) in [5, 5.41) is 0. The molecule has 1 aromatic heterocycles. The second kappa shape index (κ2) is 7.37. The Hall–Kier alpha value is 0.0200. The zero-order chi connectivity index (χ0) is 11.1. The lowest BCUT2D eigenvalue weighted by Crippen LogP contribution is -1.76. The number of hydrogen-bond donors (Lipinski definition) is 0. The van der Waals surface area contributed by atoms with E-state index in [1.807, 2.05) is 17.0 Å². The van der Waals surface area contributed by atoms with Crippen molar-refractivity contribution in [3.8, 4) is 0 Å². The van der Waals surface area contributed by atoms with E-state index in [0.717, 1.165) is 23.6 Å². The predicted molar refractivity (Wildman–Crippen MR) is 76.6 cm³/mol. The minimum absolute atomic E-state index is 0.884. The van der Waals surface area contributed by atoms with Gasteiger partial charge >= 0.3 is 0 Å². The van der Waals surface area contributed by atoms with Gasteiger partial charge in [0.1, 0.15) is 6.26 Å². The number of rotatable bonds is 7. The molecule has 0 aliphatic carbocycles. The topological polar surface area (TPSA) is 38.4 Å². The Morgan fingerprint density at radius 3 is 2.81 bits per heavy atom. The maximum absolute atomic E-state index is 4.89. The molecular weight excluding hydrogens is 280 g/mol. The average molecular weight is 290 g/mol. The van der Waals surface area contributed by atoms with E-state index in [9.17, 15) is 0 Å². The number of hydrogen-bond acceptors (Lipinski definition) is 7. The van der Waals surface area contributed by atoms with Crippen molar-refractivity contribution >= 4 is 47.5 Å². The SMILES string of the molecule is C1=NC(CSSSSCc2cocn2)=CC1. The minimum Gasteiger partial charge on any atom is -0.451 e. The van der Waals surface area contributed by atoms with E-state index in [1.165, 1.54) is 12.1 Å². The molecule has 0 unspecified atom stereocenters. The van der Waals surface area contributed by atoms with Gasteiger partial charge in [-0.15, -0.1) is 0 Å². The molecule has 0 aromatic carbocycles. The molecule has 0 fully saturated rings. The van der Waals surface area contributed by atoms with E-state index in [0.29, 0.717) is 0 Å². The highest BCUT2D eigenvalue weighted by Gasteiger charge is 2.01. The number of oxazole rings is 1. The molecule has 0 N–H and O–H groups in total. The molecule has 2 rings (SSSR count). The fourth-order valence-corrected chi connectivity index (χ4v) is 6.72. The van der Waals surface area contributed by atoms with E-state index in [-0.39, 0.29) is 0 Å². The lowest BCUT2D eigenvalue weighted by atomic mass is 10.4. The molecule has 2 heterocycles. The van der Waals surface area contributed by atoms with Gasteiger partial charge in [0.2, 0.25) is 0 Å². The first-order valence-electron chi connectivity index (χ1n) is 4.61. The molecule has 1 aliphatic heterocycles.